The molecule has 1 aliphatic heterocycles. The molecule has 2 aliphatic rings. The van der Waals surface area contributed by atoms with E-state index in [9.17, 15) is 9.59 Å². The van der Waals surface area contributed by atoms with Gasteiger partial charge in [-0.2, -0.15) is 5.26 Å². The van der Waals surface area contributed by atoms with E-state index in [1.165, 1.54) is 0 Å². The Kier molecular flexibility index (Phi) is 7.66. The summed E-state index contributed by atoms with van der Waals surface area (Å²) in [5.74, 6) is 1.45. The van der Waals surface area contributed by atoms with Gasteiger partial charge in [0.15, 0.2) is 0 Å². The quantitative estimate of drug-likeness (QED) is 0.427. The van der Waals surface area contributed by atoms with Crippen LogP contribution in [0.25, 0.3) is 0 Å². The SMILES string of the molecule is CC(CN[C@H](C(=O)Nc1ccc(OC2CN(C(=O)C3CC3)C2)cn1)c1ccccc1)c1ccc(C#N)cc1. The number of carbonyl (C=O) groups is 2. The van der Waals surface area contributed by atoms with E-state index in [4.69, 9.17) is 10.00 Å². The maximum absolute atomic E-state index is 13.3. The molecule has 8 heteroatoms. The third-order valence-electron chi connectivity index (χ3n) is 7.01. The van der Waals surface area contributed by atoms with Gasteiger partial charge in [0.05, 0.1) is 30.9 Å². The number of anilines is 1. The van der Waals surface area contributed by atoms with Crippen LogP contribution in [0.3, 0.4) is 0 Å². The van der Waals surface area contributed by atoms with Crippen LogP contribution in [0.15, 0.2) is 72.9 Å². The number of benzene rings is 2. The van der Waals surface area contributed by atoms with Gasteiger partial charge >= 0.3 is 0 Å². The summed E-state index contributed by atoms with van der Waals surface area (Å²) >= 11 is 0. The van der Waals surface area contributed by atoms with Crippen LogP contribution in [-0.2, 0) is 9.59 Å². The molecule has 2 heterocycles. The van der Waals surface area contributed by atoms with Crippen LogP contribution < -0.4 is 15.4 Å². The lowest BCUT2D eigenvalue weighted by molar-refractivity contribution is -0.141. The van der Waals surface area contributed by atoms with Crippen molar-refractivity contribution in [1.29, 1.82) is 5.26 Å². The molecule has 0 bridgehead atoms. The van der Waals surface area contributed by atoms with Crippen LogP contribution >= 0.6 is 0 Å². The second-order valence-electron chi connectivity index (χ2n) is 10.0. The van der Waals surface area contributed by atoms with Gasteiger partial charge in [-0.25, -0.2) is 4.98 Å². The summed E-state index contributed by atoms with van der Waals surface area (Å²) in [6, 6.07) is 22.2. The van der Waals surface area contributed by atoms with Crippen molar-refractivity contribution in [2.75, 3.05) is 25.0 Å². The summed E-state index contributed by atoms with van der Waals surface area (Å²) in [6.45, 7) is 3.87. The van der Waals surface area contributed by atoms with E-state index in [-0.39, 0.29) is 29.8 Å². The molecular formula is C30H31N5O3. The van der Waals surface area contributed by atoms with Crippen LogP contribution in [0, 0.1) is 17.2 Å². The lowest BCUT2D eigenvalue weighted by atomic mass is 9.98. The van der Waals surface area contributed by atoms with Gasteiger partial charge in [-0.3, -0.25) is 9.59 Å². The highest BCUT2D eigenvalue weighted by molar-refractivity contribution is 5.94. The highest BCUT2D eigenvalue weighted by Crippen LogP contribution is 2.33. The van der Waals surface area contributed by atoms with Crippen molar-refractivity contribution in [3.8, 4) is 11.8 Å². The second kappa shape index (κ2) is 11.4. The molecule has 5 rings (SSSR count). The third kappa shape index (κ3) is 6.18. The van der Waals surface area contributed by atoms with Gasteiger partial charge in [-0.15, -0.1) is 0 Å². The van der Waals surface area contributed by atoms with Crippen LogP contribution in [-0.4, -0.2) is 47.4 Å². The number of nitrogens with one attached hydrogen (secondary N) is 2. The minimum Gasteiger partial charge on any atom is -0.485 e. The maximum Gasteiger partial charge on any atom is 0.247 e. The number of amides is 2. The van der Waals surface area contributed by atoms with E-state index >= 15 is 0 Å². The summed E-state index contributed by atoms with van der Waals surface area (Å²) in [6.07, 6.45) is 3.59. The lowest BCUT2D eigenvalue weighted by Gasteiger charge is -2.39. The van der Waals surface area contributed by atoms with Gasteiger partial charge in [0.2, 0.25) is 11.8 Å². The van der Waals surface area contributed by atoms with Crippen molar-refractivity contribution in [2.45, 2.75) is 37.8 Å². The molecule has 8 nitrogen and oxygen atoms in total. The van der Waals surface area contributed by atoms with Crippen molar-refractivity contribution in [3.05, 3.63) is 89.6 Å². The second-order valence-corrected chi connectivity index (χ2v) is 10.0. The summed E-state index contributed by atoms with van der Waals surface area (Å²) in [5.41, 5.74) is 2.57. The highest BCUT2D eigenvalue weighted by Gasteiger charge is 2.40. The molecule has 1 aliphatic carbocycles. The topological polar surface area (TPSA) is 107 Å². The average Bonchev–Trinajstić information content (AvgIpc) is 3.77. The Morgan fingerprint density at radius 3 is 2.42 bits per heavy atom. The molecule has 1 saturated heterocycles. The fraction of sp³-hybridized carbons (Fsp3) is 0.333. The molecule has 194 valence electrons. The molecule has 1 unspecified atom stereocenters. The first-order valence-electron chi connectivity index (χ1n) is 13.0. The van der Waals surface area contributed by atoms with E-state index in [1.54, 1.807) is 30.5 Å². The van der Waals surface area contributed by atoms with Gasteiger partial charge < -0.3 is 20.3 Å². The molecule has 0 radical (unpaired) electrons. The van der Waals surface area contributed by atoms with E-state index < -0.39 is 6.04 Å². The summed E-state index contributed by atoms with van der Waals surface area (Å²) in [5, 5.41) is 15.3. The van der Waals surface area contributed by atoms with E-state index in [0.29, 0.717) is 36.8 Å². The van der Waals surface area contributed by atoms with Gasteiger partial charge in [0.1, 0.15) is 23.7 Å². The van der Waals surface area contributed by atoms with Gasteiger partial charge in [0, 0.05) is 12.5 Å². The zero-order chi connectivity index (χ0) is 26.5. The number of hydrogen-bond acceptors (Lipinski definition) is 6. The van der Waals surface area contributed by atoms with Gasteiger partial charge in [-0.1, -0.05) is 49.4 Å². The fourth-order valence-corrected chi connectivity index (χ4v) is 4.50. The molecule has 2 aromatic carbocycles. The number of ether oxygens (including phenoxy) is 1. The van der Waals surface area contributed by atoms with Crippen LogP contribution in [0.4, 0.5) is 5.82 Å². The number of carbonyl (C=O) groups excluding carboxylic acids is 2. The Morgan fingerprint density at radius 1 is 1.05 bits per heavy atom. The van der Waals surface area contributed by atoms with Gasteiger partial charge in [0.25, 0.3) is 0 Å². The number of pyridine rings is 1. The summed E-state index contributed by atoms with van der Waals surface area (Å²) in [7, 11) is 0. The smallest absolute Gasteiger partial charge is 0.247 e. The normalized spacial score (nSPS) is 16.6. The number of nitrogens with zero attached hydrogens (tertiary/aromatic N) is 3. The zero-order valence-corrected chi connectivity index (χ0v) is 21.3. The van der Waals surface area contributed by atoms with Crippen LogP contribution in [0.5, 0.6) is 5.75 Å². The number of likely N-dealkylation sites (tertiary alicyclic amines) is 1. The summed E-state index contributed by atoms with van der Waals surface area (Å²) < 4.78 is 5.93. The van der Waals surface area contributed by atoms with E-state index in [0.717, 1.165) is 24.0 Å². The molecule has 3 aromatic rings. The van der Waals surface area contributed by atoms with E-state index in [1.807, 2.05) is 47.4 Å². The first kappa shape index (κ1) is 25.4. The minimum atomic E-state index is -0.570. The lowest BCUT2D eigenvalue weighted by Crippen LogP contribution is -2.56. The first-order valence-corrected chi connectivity index (χ1v) is 13.0. The van der Waals surface area contributed by atoms with Crippen molar-refractivity contribution >= 4 is 17.6 Å². The number of nitriles is 1. The predicted octanol–water partition coefficient (Wildman–Crippen LogP) is 4.03. The maximum atomic E-state index is 13.3. The number of aromatic nitrogens is 1. The summed E-state index contributed by atoms with van der Waals surface area (Å²) in [4.78, 5) is 31.6. The van der Waals surface area contributed by atoms with E-state index in [2.05, 4.69) is 28.6 Å². The predicted molar refractivity (Wildman–Crippen MR) is 143 cm³/mol. The Balaban J connectivity index is 1.17. The molecule has 38 heavy (non-hydrogen) atoms. The standard InChI is InChI=1S/C30H31N5O3/c1-20(22-9-7-21(15-31)8-10-22)16-33-28(23-5-3-2-4-6-23)29(36)34-27-14-13-25(17-32-27)38-26-18-35(19-26)30(37)24-11-12-24/h2-10,13-14,17,20,24,26,28,33H,11-12,16,18-19H2,1H3,(H,32,34,36)/t20?,28-/m0/s1. The molecule has 2 amide bonds. The molecule has 0 spiro atoms. The third-order valence-corrected chi connectivity index (χ3v) is 7.01. The van der Waals surface area contributed by atoms with Crippen molar-refractivity contribution in [2.24, 2.45) is 5.92 Å². The molecule has 2 atom stereocenters. The molecule has 2 N–H and O–H groups in total. The molecule has 1 saturated carbocycles. The average molecular weight is 510 g/mol. The van der Waals surface area contributed by atoms with Crippen LogP contribution in [0.1, 0.15) is 48.4 Å². The Bertz CT molecular complexity index is 1290. The minimum absolute atomic E-state index is 0.0234. The van der Waals surface area contributed by atoms with Crippen LogP contribution in [0.2, 0.25) is 0 Å². The van der Waals surface area contributed by atoms with Crippen molar-refractivity contribution in [3.63, 3.8) is 0 Å². The first-order chi connectivity index (χ1) is 18.5. The monoisotopic (exact) mass is 509 g/mol. The zero-order valence-electron chi connectivity index (χ0n) is 21.3. The molecule has 2 fully saturated rings. The molecular weight excluding hydrogens is 478 g/mol. The van der Waals surface area contributed by atoms with Gasteiger partial charge in [-0.05, 0) is 54.2 Å². The Morgan fingerprint density at radius 2 is 1.79 bits per heavy atom. The Labute approximate surface area is 222 Å². The Hall–Kier alpha value is -4.22. The molecule has 1 aromatic heterocycles. The highest BCUT2D eigenvalue weighted by atomic mass is 16.5. The largest absolute Gasteiger partial charge is 0.485 e. The van der Waals surface area contributed by atoms with Crippen molar-refractivity contribution in [1.82, 2.24) is 15.2 Å². The number of hydrogen-bond donors (Lipinski definition) is 2. The fourth-order valence-electron chi connectivity index (χ4n) is 4.50. The van der Waals surface area contributed by atoms with Crippen molar-refractivity contribution < 1.29 is 14.3 Å². The number of rotatable bonds is 10.